The summed E-state index contributed by atoms with van der Waals surface area (Å²) in [4.78, 5) is 16.3. The van der Waals surface area contributed by atoms with Gasteiger partial charge in [-0.2, -0.15) is 0 Å². The van der Waals surface area contributed by atoms with Crippen molar-refractivity contribution in [3.8, 4) is 0 Å². The topological polar surface area (TPSA) is 65.0 Å². The summed E-state index contributed by atoms with van der Waals surface area (Å²) in [5, 5.41) is 9.91. The van der Waals surface area contributed by atoms with Gasteiger partial charge in [0.25, 0.3) is 0 Å². The van der Waals surface area contributed by atoms with Crippen LogP contribution < -0.4 is 4.90 Å². The molecule has 3 aliphatic rings. The molecular weight excluding hydrogens is 306 g/mol. The largest absolute Gasteiger partial charge is 0.392 e. The molecule has 0 saturated carbocycles. The van der Waals surface area contributed by atoms with Crippen LogP contribution in [0.1, 0.15) is 19.0 Å². The average molecular weight is 333 g/mol. The van der Waals surface area contributed by atoms with Gasteiger partial charge in [-0.3, -0.25) is 9.80 Å². The Balaban J connectivity index is 1.43. The zero-order chi connectivity index (χ0) is 16.5. The highest BCUT2D eigenvalue weighted by Gasteiger charge is 2.38. The average Bonchev–Trinajstić information content (AvgIpc) is 2.95. The summed E-state index contributed by atoms with van der Waals surface area (Å²) in [5.74, 6) is 0.818. The van der Waals surface area contributed by atoms with Crippen molar-refractivity contribution in [2.45, 2.75) is 38.1 Å². The Morgan fingerprint density at radius 2 is 2.08 bits per heavy atom. The molecule has 132 valence electrons. The minimum Gasteiger partial charge on any atom is -0.392 e. The molecule has 1 aromatic heterocycles. The second kappa shape index (κ2) is 6.92. The lowest BCUT2D eigenvalue weighted by molar-refractivity contribution is 0.0520. The number of fused-ring (bicyclic) bond motifs is 1. The van der Waals surface area contributed by atoms with Gasteiger partial charge in [0, 0.05) is 57.5 Å². The van der Waals surface area contributed by atoms with Crippen LogP contribution in [0.25, 0.3) is 0 Å². The van der Waals surface area contributed by atoms with Crippen molar-refractivity contribution in [1.29, 1.82) is 0 Å². The van der Waals surface area contributed by atoms with Gasteiger partial charge in [0.2, 0.25) is 5.95 Å². The van der Waals surface area contributed by atoms with E-state index in [1.54, 1.807) is 0 Å². The van der Waals surface area contributed by atoms with Crippen LogP contribution in [0.2, 0.25) is 0 Å². The number of aliphatic hydroxyl groups excluding tert-OH is 1. The van der Waals surface area contributed by atoms with E-state index in [1.165, 1.54) is 0 Å². The Labute approximate surface area is 143 Å². The summed E-state index contributed by atoms with van der Waals surface area (Å²) in [6.07, 6.45) is 2.61. The summed E-state index contributed by atoms with van der Waals surface area (Å²) < 4.78 is 5.41. The van der Waals surface area contributed by atoms with Gasteiger partial charge in [-0.25, -0.2) is 9.97 Å². The van der Waals surface area contributed by atoms with Crippen LogP contribution in [-0.4, -0.2) is 89.0 Å². The normalized spacial score (nSPS) is 32.1. The first kappa shape index (κ1) is 16.2. The number of hydrogen-bond acceptors (Lipinski definition) is 7. The molecule has 24 heavy (non-hydrogen) atoms. The third kappa shape index (κ3) is 3.39. The fourth-order valence-electron chi connectivity index (χ4n) is 4.09. The number of anilines is 1. The monoisotopic (exact) mass is 333 g/mol. The van der Waals surface area contributed by atoms with E-state index in [0.29, 0.717) is 12.1 Å². The molecule has 4 heterocycles. The predicted molar refractivity (Wildman–Crippen MR) is 90.9 cm³/mol. The van der Waals surface area contributed by atoms with Gasteiger partial charge in [0.05, 0.1) is 25.0 Å². The summed E-state index contributed by atoms with van der Waals surface area (Å²) in [5.41, 5.74) is 1.07. The van der Waals surface area contributed by atoms with Gasteiger partial charge < -0.3 is 14.7 Å². The smallest absolute Gasteiger partial charge is 0.225 e. The van der Waals surface area contributed by atoms with E-state index in [1.807, 2.05) is 12.3 Å². The van der Waals surface area contributed by atoms with E-state index in [9.17, 15) is 5.11 Å². The molecule has 1 N–H and O–H groups in total. The van der Waals surface area contributed by atoms with Gasteiger partial charge in [0.15, 0.2) is 0 Å². The Morgan fingerprint density at radius 3 is 2.92 bits per heavy atom. The Bertz CT molecular complexity index is 566. The molecule has 3 atom stereocenters. The second-order valence-electron chi connectivity index (χ2n) is 7.22. The predicted octanol–water partition coefficient (Wildman–Crippen LogP) is -0.0475. The number of rotatable bonds is 3. The highest BCUT2D eigenvalue weighted by molar-refractivity contribution is 5.30. The summed E-state index contributed by atoms with van der Waals surface area (Å²) in [6, 6.07) is 2.98. The lowest BCUT2D eigenvalue weighted by Crippen LogP contribution is -2.54. The Kier molecular flexibility index (Phi) is 4.67. The zero-order valence-electron chi connectivity index (χ0n) is 14.3. The first-order valence-corrected chi connectivity index (χ1v) is 9.00. The van der Waals surface area contributed by atoms with Gasteiger partial charge in [-0.05, 0) is 19.4 Å². The van der Waals surface area contributed by atoms with Crippen LogP contribution in [0.15, 0.2) is 12.3 Å². The fraction of sp³-hybridized carbons (Fsp3) is 0.765. The van der Waals surface area contributed by atoms with Gasteiger partial charge in [0.1, 0.15) is 0 Å². The molecule has 0 aliphatic carbocycles. The highest BCUT2D eigenvalue weighted by atomic mass is 16.5. The molecule has 3 fully saturated rings. The van der Waals surface area contributed by atoms with Gasteiger partial charge in [-0.15, -0.1) is 0 Å². The van der Waals surface area contributed by atoms with Crippen LogP contribution >= 0.6 is 0 Å². The molecule has 4 rings (SSSR count). The number of aliphatic hydroxyl groups is 1. The molecular formula is C17H27N5O2. The quantitative estimate of drug-likeness (QED) is 0.832. The van der Waals surface area contributed by atoms with Crippen molar-refractivity contribution >= 4 is 5.95 Å². The van der Waals surface area contributed by atoms with Gasteiger partial charge >= 0.3 is 0 Å². The van der Waals surface area contributed by atoms with E-state index >= 15 is 0 Å². The summed E-state index contributed by atoms with van der Waals surface area (Å²) >= 11 is 0. The van der Waals surface area contributed by atoms with Crippen molar-refractivity contribution in [3.05, 3.63) is 18.0 Å². The lowest BCUT2D eigenvalue weighted by atomic mass is 10.1. The fourth-order valence-corrected chi connectivity index (χ4v) is 4.09. The number of hydrogen-bond donors (Lipinski definition) is 1. The third-order valence-corrected chi connectivity index (χ3v) is 5.43. The van der Waals surface area contributed by atoms with Crippen LogP contribution in [0, 0.1) is 0 Å². The standard InChI is InChI=1S/C17H27N5O2/c1-13-9-22-12-16(23)8-15(22)11-21(13)10-14-2-3-18-17(19-14)20-4-6-24-7-5-20/h2-3,13,15-16,23H,4-12H2,1H3/t13-,15?,16-/m1/s1. The van der Waals surface area contributed by atoms with Crippen LogP contribution in [0.3, 0.4) is 0 Å². The number of ether oxygens (including phenoxy) is 1. The Hall–Kier alpha value is -1.28. The zero-order valence-corrected chi connectivity index (χ0v) is 14.3. The number of piperazine rings is 1. The molecule has 1 aromatic rings. The minimum atomic E-state index is -0.158. The first-order valence-electron chi connectivity index (χ1n) is 9.00. The Morgan fingerprint density at radius 1 is 1.25 bits per heavy atom. The van der Waals surface area contributed by atoms with Crippen LogP contribution in [0.5, 0.6) is 0 Å². The molecule has 0 amide bonds. The molecule has 0 spiro atoms. The maximum Gasteiger partial charge on any atom is 0.225 e. The van der Waals surface area contributed by atoms with Crippen molar-refractivity contribution in [2.75, 3.05) is 50.8 Å². The summed E-state index contributed by atoms with van der Waals surface area (Å²) in [7, 11) is 0. The number of aromatic nitrogens is 2. The van der Waals surface area contributed by atoms with E-state index in [-0.39, 0.29) is 6.10 Å². The molecule has 3 aliphatic heterocycles. The molecule has 1 unspecified atom stereocenters. The van der Waals surface area contributed by atoms with Crippen molar-refractivity contribution < 1.29 is 9.84 Å². The maximum absolute atomic E-state index is 9.91. The van der Waals surface area contributed by atoms with Crippen LogP contribution in [0.4, 0.5) is 5.95 Å². The minimum absolute atomic E-state index is 0.158. The van der Waals surface area contributed by atoms with Crippen molar-refractivity contribution in [2.24, 2.45) is 0 Å². The first-order chi connectivity index (χ1) is 11.7. The van der Waals surface area contributed by atoms with Crippen molar-refractivity contribution in [3.63, 3.8) is 0 Å². The third-order valence-electron chi connectivity index (χ3n) is 5.43. The molecule has 7 heteroatoms. The maximum atomic E-state index is 9.91. The number of morpholine rings is 1. The number of nitrogens with zero attached hydrogens (tertiary/aromatic N) is 5. The second-order valence-corrected chi connectivity index (χ2v) is 7.22. The van der Waals surface area contributed by atoms with E-state index in [4.69, 9.17) is 9.72 Å². The molecule has 0 aromatic carbocycles. The SMILES string of the molecule is C[C@@H]1CN2C[C@H](O)CC2CN1Cc1ccnc(N2CCOCC2)n1. The molecule has 0 bridgehead atoms. The van der Waals surface area contributed by atoms with E-state index < -0.39 is 0 Å². The van der Waals surface area contributed by atoms with E-state index in [0.717, 1.165) is 70.5 Å². The lowest BCUT2D eigenvalue weighted by Gasteiger charge is -2.42. The molecule has 3 saturated heterocycles. The summed E-state index contributed by atoms with van der Waals surface area (Å²) in [6.45, 7) is 9.20. The van der Waals surface area contributed by atoms with Crippen molar-refractivity contribution in [1.82, 2.24) is 19.8 Å². The van der Waals surface area contributed by atoms with Crippen LogP contribution in [-0.2, 0) is 11.3 Å². The van der Waals surface area contributed by atoms with Gasteiger partial charge in [-0.1, -0.05) is 0 Å². The molecule has 7 nitrogen and oxygen atoms in total. The molecule has 0 radical (unpaired) electrons. The highest BCUT2D eigenvalue weighted by Crippen LogP contribution is 2.26. The van der Waals surface area contributed by atoms with E-state index in [2.05, 4.69) is 26.6 Å².